The Balaban J connectivity index is 1.83. The van der Waals surface area contributed by atoms with Gasteiger partial charge in [0.1, 0.15) is 0 Å². The summed E-state index contributed by atoms with van der Waals surface area (Å²) in [6, 6.07) is 2.28. The molecule has 2 N–H and O–H groups in total. The van der Waals surface area contributed by atoms with E-state index in [4.69, 9.17) is 5.73 Å². The van der Waals surface area contributed by atoms with Gasteiger partial charge in [0, 0.05) is 18.4 Å². The monoisotopic (exact) mass is 216 g/mol. The van der Waals surface area contributed by atoms with Crippen molar-refractivity contribution in [2.75, 3.05) is 0 Å². The summed E-state index contributed by atoms with van der Waals surface area (Å²) < 4.78 is 0. The Morgan fingerprint density at radius 1 is 1.38 bits per heavy atom. The fourth-order valence-electron chi connectivity index (χ4n) is 3.79. The van der Waals surface area contributed by atoms with Gasteiger partial charge in [-0.25, -0.2) is 0 Å². The molecule has 2 heteroatoms. The van der Waals surface area contributed by atoms with Gasteiger partial charge in [0.25, 0.3) is 0 Å². The first kappa shape index (κ1) is 10.3. The molecule has 2 aliphatic rings. The van der Waals surface area contributed by atoms with Gasteiger partial charge in [-0.15, -0.1) is 0 Å². The van der Waals surface area contributed by atoms with Crippen molar-refractivity contribution < 1.29 is 0 Å². The zero-order valence-corrected chi connectivity index (χ0v) is 9.89. The van der Waals surface area contributed by atoms with Crippen LogP contribution in [0.1, 0.15) is 42.9 Å². The highest BCUT2D eigenvalue weighted by molar-refractivity contribution is 5.26. The zero-order chi connectivity index (χ0) is 11.1. The Labute approximate surface area is 97.3 Å². The summed E-state index contributed by atoms with van der Waals surface area (Å²) in [6.07, 6.45) is 9.44. The Bertz CT molecular complexity index is 388. The molecule has 2 aliphatic carbocycles. The maximum absolute atomic E-state index is 6.45. The second kappa shape index (κ2) is 3.85. The van der Waals surface area contributed by atoms with Crippen molar-refractivity contribution in [1.29, 1.82) is 0 Å². The van der Waals surface area contributed by atoms with E-state index in [0.717, 1.165) is 11.8 Å². The number of aromatic nitrogens is 1. The van der Waals surface area contributed by atoms with Crippen molar-refractivity contribution in [1.82, 2.24) is 4.98 Å². The van der Waals surface area contributed by atoms with Gasteiger partial charge in [-0.1, -0.05) is 6.42 Å². The van der Waals surface area contributed by atoms with E-state index in [1.54, 1.807) is 0 Å². The molecule has 1 aromatic rings. The summed E-state index contributed by atoms with van der Waals surface area (Å²) in [4.78, 5) is 4.22. The number of fused-ring (bicyclic) bond motifs is 2. The molecule has 2 bridgehead atoms. The lowest BCUT2D eigenvalue weighted by atomic mass is 9.80. The highest BCUT2D eigenvalue weighted by Gasteiger charge is 2.42. The second-order valence-corrected chi connectivity index (χ2v) is 5.60. The molecule has 4 atom stereocenters. The van der Waals surface area contributed by atoms with Crippen molar-refractivity contribution in [3.63, 3.8) is 0 Å². The minimum atomic E-state index is 0.212. The van der Waals surface area contributed by atoms with Crippen LogP contribution in [-0.2, 0) is 0 Å². The minimum Gasteiger partial charge on any atom is -0.324 e. The number of aryl methyl sites for hydroxylation is 1. The van der Waals surface area contributed by atoms with Crippen LogP contribution in [0.15, 0.2) is 18.5 Å². The molecular weight excluding hydrogens is 196 g/mol. The third kappa shape index (κ3) is 1.56. The average Bonchev–Trinajstić information content (AvgIpc) is 2.90. The molecule has 0 spiro atoms. The molecule has 0 aromatic carbocycles. The van der Waals surface area contributed by atoms with Crippen molar-refractivity contribution >= 4 is 0 Å². The molecular formula is C14H20N2. The van der Waals surface area contributed by atoms with E-state index in [2.05, 4.69) is 18.0 Å². The smallest absolute Gasteiger partial charge is 0.0344 e. The van der Waals surface area contributed by atoms with Crippen molar-refractivity contribution in [2.24, 2.45) is 23.5 Å². The topological polar surface area (TPSA) is 38.9 Å². The molecule has 1 heterocycles. The van der Waals surface area contributed by atoms with Crippen LogP contribution in [-0.4, -0.2) is 4.98 Å². The third-order valence-electron chi connectivity index (χ3n) is 4.69. The van der Waals surface area contributed by atoms with E-state index < -0.39 is 0 Å². The van der Waals surface area contributed by atoms with Crippen LogP contribution in [0.25, 0.3) is 0 Å². The fourth-order valence-corrected chi connectivity index (χ4v) is 3.79. The normalized spacial score (nSPS) is 34.2. The first-order valence-electron chi connectivity index (χ1n) is 6.42. The van der Waals surface area contributed by atoms with Crippen LogP contribution in [0.4, 0.5) is 0 Å². The van der Waals surface area contributed by atoms with Crippen LogP contribution in [0.3, 0.4) is 0 Å². The maximum atomic E-state index is 6.45. The second-order valence-electron chi connectivity index (χ2n) is 5.60. The van der Waals surface area contributed by atoms with Crippen LogP contribution in [0, 0.1) is 24.7 Å². The molecule has 3 rings (SSSR count). The SMILES string of the molecule is Cc1ccncc1C(N)C1CC2CCC1C2. The molecule has 0 radical (unpaired) electrons. The Morgan fingerprint density at radius 3 is 2.88 bits per heavy atom. The van der Waals surface area contributed by atoms with Crippen LogP contribution >= 0.6 is 0 Å². The van der Waals surface area contributed by atoms with Gasteiger partial charge in [0.2, 0.25) is 0 Å². The Morgan fingerprint density at radius 2 is 2.25 bits per heavy atom. The quantitative estimate of drug-likeness (QED) is 0.825. The summed E-state index contributed by atoms with van der Waals surface area (Å²) in [5.41, 5.74) is 9.01. The molecule has 2 fully saturated rings. The Kier molecular flexibility index (Phi) is 2.47. The van der Waals surface area contributed by atoms with Gasteiger partial charge < -0.3 is 5.73 Å². The molecule has 1 aromatic heterocycles. The highest BCUT2D eigenvalue weighted by atomic mass is 14.7. The summed E-state index contributed by atoms with van der Waals surface area (Å²) in [7, 11) is 0. The lowest BCUT2D eigenvalue weighted by molar-refractivity contribution is 0.283. The van der Waals surface area contributed by atoms with E-state index in [1.165, 1.54) is 36.8 Å². The molecule has 16 heavy (non-hydrogen) atoms. The lowest BCUT2D eigenvalue weighted by Gasteiger charge is -2.28. The number of pyridine rings is 1. The number of nitrogens with two attached hydrogens (primary N) is 1. The Hall–Kier alpha value is -0.890. The maximum Gasteiger partial charge on any atom is 0.0344 e. The zero-order valence-electron chi connectivity index (χ0n) is 9.89. The summed E-state index contributed by atoms with van der Waals surface area (Å²) in [5, 5.41) is 0. The molecule has 2 nitrogen and oxygen atoms in total. The van der Waals surface area contributed by atoms with Gasteiger partial charge in [0.05, 0.1) is 0 Å². The summed E-state index contributed by atoms with van der Waals surface area (Å²) in [5.74, 6) is 2.57. The standard InChI is InChI=1S/C14H20N2/c1-9-4-5-16-8-13(9)14(15)12-7-10-2-3-11(12)6-10/h4-5,8,10-12,14H,2-3,6-7,15H2,1H3. The van der Waals surface area contributed by atoms with Gasteiger partial charge in [-0.3, -0.25) is 4.98 Å². The van der Waals surface area contributed by atoms with Crippen LogP contribution < -0.4 is 5.73 Å². The number of nitrogens with zero attached hydrogens (tertiary/aromatic N) is 1. The number of hydrogen-bond acceptors (Lipinski definition) is 2. The van der Waals surface area contributed by atoms with Gasteiger partial charge in [-0.05, 0) is 61.1 Å². The van der Waals surface area contributed by atoms with E-state index in [1.807, 2.05) is 12.4 Å². The van der Waals surface area contributed by atoms with Gasteiger partial charge >= 0.3 is 0 Å². The average molecular weight is 216 g/mol. The number of hydrogen-bond donors (Lipinski definition) is 1. The lowest BCUT2D eigenvalue weighted by Crippen LogP contribution is -2.26. The van der Waals surface area contributed by atoms with E-state index in [0.29, 0.717) is 5.92 Å². The molecule has 4 unspecified atom stereocenters. The van der Waals surface area contributed by atoms with Gasteiger partial charge in [0.15, 0.2) is 0 Å². The van der Waals surface area contributed by atoms with Crippen molar-refractivity contribution in [3.8, 4) is 0 Å². The predicted molar refractivity (Wildman–Crippen MR) is 64.8 cm³/mol. The largest absolute Gasteiger partial charge is 0.324 e. The molecule has 0 saturated heterocycles. The van der Waals surface area contributed by atoms with Crippen molar-refractivity contribution in [2.45, 2.75) is 38.6 Å². The molecule has 86 valence electrons. The third-order valence-corrected chi connectivity index (χ3v) is 4.69. The molecule has 2 saturated carbocycles. The summed E-state index contributed by atoms with van der Waals surface area (Å²) >= 11 is 0. The first-order valence-corrected chi connectivity index (χ1v) is 6.42. The van der Waals surface area contributed by atoms with E-state index in [9.17, 15) is 0 Å². The minimum absolute atomic E-state index is 0.212. The highest BCUT2D eigenvalue weighted by Crippen LogP contribution is 2.52. The summed E-state index contributed by atoms with van der Waals surface area (Å²) in [6.45, 7) is 2.14. The molecule has 0 amide bonds. The first-order chi connectivity index (χ1) is 7.75. The number of rotatable bonds is 2. The van der Waals surface area contributed by atoms with Gasteiger partial charge in [-0.2, -0.15) is 0 Å². The fraction of sp³-hybridized carbons (Fsp3) is 0.643. The van der Waals surface area contributed by atoms with E-state index in [-0.39, 0.29) is 6.04 Å². The van der Waals surface area contributed by atoms with Crippen LogP contribution in [0.5, 0.6) is 0 Å². The van der Waals surface area contributed by atoms with Crippen molar-refractivity contribution in [3.05, 3.63) is 29.6 Å². The predicted octanol–water partition coefficient (Wildman–Crippen LogP) is 2.83. The molecule has 0 aliphatic heterocycles. The van der Waals surface area contributed by atoms with E-state index >= 15 is 0 Å². The van der Waals surface area contributed by atoms with Crippen LogP contribution in [0.2, 0.25) is 0 Å².